The van der Waals surface area contributed by atoms with Crippen molar-refractivity contribution in [1.82, 2.24) is 17.5 Å². The van der Waals surface area contributed by atoms with E-state index in [1.54, 1.807) is 43.6 Å². The first-order valence-electron chi connectivity index (χ1n) is 29.3. The maximum Gasteiger partial charge on any atom is 0.170 e. The summed E-state index contributed by atoms with van der Waals surface area (Å²) in [5.41, 5.74) is 5.87. The number of aryl methyl sites for hydroxylation is 2. The predicted octanol–water partition coefficient (Wildman–Crippen LogP) is 19.8. The van der Waals surface area contributed by atoms with Crippen molar-refractivity contribution in [3.8, 4) is 50.8 Å². The monoisotopic (exact) mass is 1170 g/mol. The van der Waals surface area contributed by atoms with Gasteiger partial charge in [0.05, 0.1) is 29.0 Å². The zero-order valence-electron chi connectivity index (χ0n) is 46.9. The van der Waals surface area contributed by atoms with E-state index in [-0.39, 0.29) is 11.1 Å². The van der Waals surface area contributed by atoms with Gasteiger partial charge >= 0.3 is 0 Å². The summed E-state index contributed by atoms with van der Waals surface area (Å²) in [5, 5.41) is 6.48. The Balaban J connectivity index is 1.12. The van der Waals surface area contributed by atoms with Crippen LogP contribution in [0.2, 0.25) is 24.2 Å². The summed E-state index contributed by atoms with van der Waals surface area (Å²) in [7, 11) is -4.64. The summed E-state index contributed by atoms with van der Waals surface area (Å²) in [6.45, 7) is 23.0. The number of hydrogen-bond donors (Lipinski definition) is 0. The number of rotatable bonds is 27. The molecule has 76 heavy (non-hydrogen) atoms. The highest BCUT2D eigenvalue weighted by Crippen LogP contribution is 2.53. The highest BCUT2D eigenvalue weighted by atomic mass is 32.1. The van der Waals surface area contributed by atoms with Crippen molar-refractivity contribution >= 4 is 128 Å². The van der Waals surface area contributed by atoms with Crippen LogP contribution >= 0.6 is 68.8 Å². The van der Waals surface area contributed by atoms with Crippen LogP contribution in [0.15, 0.2) is 36.4 Å². The lowest BCUT2D eigenvalue weighted by Gasteiger charge is -2.35. The first kappa shape index (κ1) is 56.4. The number of benzene rings is 2. The van der Waals surface area contributed by atoms with Crippen molar-refractivity contribution in [3.05, 3.63) is 58.5 Å². The maximum atomic E-state index is 16.6. The molecule has 2 aliphatic heterocycles. The first-order valence-corrected chi connectivity index (χ1v) is 38.9. The molecular formula is C62H80F2N4S6Si2. The van der Waals surface area contributed by atoms with Gasteiger partial charge in [-0.05, 0) is 107 Å². The molecule has 6 aromatic heterocycles. The highest BCUT2D eigenvalue weighted by molar-refractivity contribution is 7.32. The molecule has 0 fully saturated rings. The van der Waals surface area contributed by atoms with Gasteiger partial charge in [-0.15, -0.1) is 45.3 Å². The van der Waals surface area contributed by atoms with Crippen molar-refractivity contribution in [2.45, 2.75) is 196 Å². The summed E-state index contributed by atoms with van der Waals surface area (Å²) in [4.78, 5) is 10.6. The van der Waals surface area contributed by atoms with Gasteiger partial charge in [-0.3, -0.25) is 0 Å². The standard InChI is InChI=1S/C62H80F2N4S6Si2/c1-11-19-23-39(15-5)33-75(34-40(16-6)24-20-12-2)48-29-37(9)69-59(48)60-49(75)30-45(70-60)43-27-28-44(57-56(43)66-74-67-57)46-31-50-61(71-46)62-51(32-47(72-62)52-54(64)53(63)38(10)55-58(52)68-73-65-55)76(50,35-41(17-7)25-21-13-3)36-42(18-8)26-22-14-4/h27-32,39-42H,11-26,33-36H2,1-10H3. The molecule has 4 nitrogen and oxygen atoms in total. The lowest BCUT2D eigenvalue weighted by atomic mass is 10.0. The van der Waals surface area contributed by atoms with Crippen molar-refractivity contribution < 1.29 is 8.78 Å². The molecule has 8 heterocycles. The summed E-state index contributed by atoms with van der Waals surface area (Å²) >= 11 is 10.0. The molecule has 0 radical (unpaired) electrons. The van der Waals surface area contributed by atoms with Crippen LogP contribution in [0, 0.1) is 49.2 Å². The van der Waals surface area contributed by atoms with Gasteiger partial charge in [0.25, 0.3) is 0 Å². The van der Waals surface area contributed by atoms with Crippen LogP contribution in [0.4, 0.5) is 8.78 Å². The van der Waals surface area contributed by atoms with Crippen molar-refractivity contribution in [2.24, 2.45) is 23.7 Å². The van der Waals surface area contributed by atoms with E-state index in [2.05, 4.69) is 119 Å². The van der Waals surface area contributed by atoms with Crippen molar-refractivity contribution in [3.63, 3.8) is 0 Å². The molecule has 2 aromatic carbocycles. The minimum absolute atomic E-state index is 0.232. The van der Waals surface area contributed by atoms with Crippen LogP contribution in [0.25, 0.3) is 72.9 Å². The smallest absolute Gasteiger partial charge is 0.170 e. The molecular weight excluding hydrogens is 1090 g/mol. The van der Waals surface area contributed by atoms with Gasteiger partial charge in [0.2, 0.25) is 0 Å². The molecule has 10 rings (SSSR count). The Kier molecular flexibility index (Phi) is 17.9. The summed E-state index contributed by atoms with van der Waals surface area (Å²) in [6.07, 6.45) is 19.9. The lowest BCUT2D eigenvalue weighted by Crippen LogP contribution is -2.56. The van der Waals surface area contributed by atoms with E-state index in [0.29, 0.717) is 22.9 Å². The van der Waals surface area contributed by atoms with Crippen LogP contribution in [-0.4, -0.2) is 33.6 Å². The van der Waals surface area contributed by atoms with Crippen LogP contribution in [-0.2, 0) is 0 Å². The molecule has 2 aliphatic rings. The number of hydrogen-bond acceptors (Lipinski definition) is 10. The van der Waals surface area contributed by atoms with Gasteiger partial charge in [-0.25, -0.2) is 8.78 Å². The Morgan fingerprint density at radius 2 is 0.789 bits per heavy atom. The summed E-state index contributed by atoms with van der Waals surface area (Å²) < 4.78 is 51.9. The van der Waals surface area contributed by atoms with Crippen molar-refractivity contribution in [1.29, 1.82) is 0 Å². The number of unbranched alkanes of at least 4 members (excludes halogenated alkanes) is 4. The minimum Gasteiger partial charge on any atom is -0.203 e. The second-order valence-corrected chi connectivity index (χ2v) is 36.6. The number of halogens is 2. The largest absolute Gasteiger partial charge is 0.203 e. The van der Waals surface area contributed by atoms with Gasteiger partial charge < -0.3 is 0 Å². The van der Waals surface area contributed by atoms with Crippen LogP contribution in [0.1, 0.15) is 169 Å². The normalized spacial score (nSPS) is 18.4. The van der Waals surface area contributed by atoms with E-state index in [1.807, 2.05) is 22.7 Å². The fourth-order valence-corrected chi connectivity index (χ4v) is 35.8. The zero-order chi connectivity index (χ0) is 53.5. The van der Waals surface area contributed by atoms with E-state index in [4.69, 9.17) is 8.75 Å². The topological polar surface area (TPSA) is 51.6 Å². The summed E-state index contributed by atoms with van der Waals surface area (Å²) in [6, 6.07) is 20.1. The second kappa shape index (κ2) is 24.1. The van der Waals surface area contributed by atoms with Gasteiger partial charge in [0, 0.05) is 55.7 Å². The quantitative estimate of drug-likeness (QED) is 0.0482. The Morgan fingerprint density at radius 3 is 1.20 bits per heavy atom. The molecule has 14 heteroatoms. The Hall–Kier alpha value is -2.83. The molecule has 0 bridgehead atoms. The van der Waals surface area contributed by atoms with Gasteiger partial charge in [-0.1, -0.05) is 170 Å². The molecule has 0 N–H and O–H groups in total. The van der Waals surface area contributed by atoms with Crippen LogP contribution in [0.5, 0.6) is 0 Å². The van der Waals surface area contributed by atoms with E-state index >= 15 is 8.78 Å². The van der Waals surface area contributed by atoms with Crippen LogP contribution in [0.3, 0.4) is 0 Å². The molecule has 0 aliphatic carbocycles. The molecule has 8 aromatic rings. The summed E-state index contributed by atoms with van der Waals surface area (Å²) in [5.74, 6) is 1.08. The van der Waals surface area contributed by atoms with Gasteiger partial charge in [0.1, 0.15) is 38.2 Å². The van der Waals surface area contributed by atoms with E-state index in [9.17, 15) is 0 Å². The number of aromatic nitrogens is 4. The number of nitrogens with zero attached hydrogens (tertiary/aromatic N) is 4. The highest BCUT2D eigenvalue weighted by Gasteiger charge is 2.52. The Morgan fingerprint density at radius 1 is 0.434 bits per heavy atom. The Bertz CT molecular complexity index is 3270. The number of thiophene rings is 4. The fourth-order valence-electron chi connectivity index (χ4n) is 13.8. The predicted molar refractivity (Wildman–Crippen MR) is 339 cm³/mol. The molecule has 406 valence electrons. The molecule has 0 amide bonds. The van der Waals surface area contributed by atoms with E-state index in [0.717, 1.165) is 52.3 Å². The first-order chi connectivity index (χ1) is 36.9. The van der Waals surface area contributed by atoms with Crippen LogP contribution < -0.4 is 20.7 Å². The SMILES string of the molecule is CCCCC(CC)C[Si]1(CC(CC)CCCC)c2cc(C)sc2-c2sc(-c3ccc(-c4cc5c(s4)-c4sc(-c6c(F)c(F)c(C)c7nsnc67)cc4[Si]5(CC(CC)CCCC)CC(CC)CCCC)c4nsnc34)cc21. The molecule has 0 spiro atoms. The fraction of sp³-hybridized carbons (Fsp3) is 0.548. The molecule has 4 unspecified atom stereocenters. The Labute approximate surface area is 479 Å². The van der Waals surface area contributed by atoms with E-state index < -0.39 is 27.8 Å². The van der Waals surface area contributed by atoms with E-state index in [1.165, 1.54) is 166 Å². The van der Waals surface area contributed by atoms with Gasteiger partial charge in [-0.2, -0.15) is 17.5 Å². The average Bonchev–Trinajstić information content (AvgIpc) is 4.47. The molecule has 4 atom stereocenters. The van der Waals surface area contributed by atoms with Gasteiger partial charge in [0.15, 0.2) is 11.6 Å². The second-order valence-electron chi connectivity index (χ2n) is 23.0. The minimum atomic E-state index is -2.52. The number of fused-ring (bicyclic) bond motifs is 8. The third-order valence-corrected chi connectivity index (χ3v) is 35.7. The lowest BCUT2D eigenvalue weighted by molar-refractivity contribution is 0.469. The third-order valence-electron chi connectivity index (χ3n) is 18.3. The molecule has 0 saturated carbocycles. The average molecular weight is 1170 g/mol. The molecule has 0 saturated heterocycles. The maximum absolute atomic E-state index is 16.6. The third kappa shape index (κ3) is 10.1. The zero-order valence-corrected chi connectivity index (χ0v) is 53.8. The van der Waals surface area contributed by atoms with Crippen molar-refractivity contribution in [2.75, 3.05) is 0 Å².